The van der Waals surface area contributed by atoms with Gasteiger partial charge >= 0.3 is 0 Å². The van der Waals surface area contributed by atoms with Crippen molar-refractivity contribution in [2.75, 3.05) is 0 Å². The maximum absolute atomic E-state index is 9.47. The number of aromatic nitrogens is 2. The number of benzene rings is 1. The van der Waals surface area contributed by atoms with Crippen molar-refractivity contribution in [3.63, 3.8) is 0 Å². The van der Waals surface area contributed by atoms with E-state index in [1.54, 1.807) is 29.1 Å². The van der Waals surface area contributed by atoms with Crippen LogP contribution in [0.2, 0.25) is 0 Å². The zero-order chi connectivity index (χ0) is 14.3. The molecule has 4 nitrogen and oxygen atoms in total. The topological polar surface area (TPSA) is 61.8 Å². The van der Waals surface area contributed by atoms with E-state index >= 15 is 0 Å². The quantitative estimate of drug-likeness (QED) is 0.916. The summed E-state index contributed by atoms with van der Waals surface area (Å²) in [5.74, 6) is 0.203. The van der Waals surface area contributed by atoms with Gasteiger partial charge in [0.15, 0.2) is 0 Å². The van der Waals surface area contributed by atoms with Gasteiger partial charge in [-0.1, -0.05) is 26.0 Å². The second-order valence-corrected chi connectivity index (χ2v) is 3.97. The molecule has 0 bridgehead atoms. The Hall–Kier alpha value is -2.28. The van der Waals surface area contributed by atoms with Gasteiger partial charge in [0.2, 0.25) is 0 Å². The molecule has 1 aromatic carbocycles. The molecule has 1 unspecified atom stereocenters. The minimum atomic E-state index is -0.152. The van der Waals surface area contributed by atoms with Gasteiger partial charge in [0.05, 0.1) is 24.7 Å². The smallest absolute Gasteiger partial charge is 0.115 e. The summed E-state index contributed by atoms with van der Waals surface area (Å²) in [4.78, 5) is 0. The Morgan fingerprint density at radius 1 is 1.42 bits per heavy atom. The van der Waals surface area contributed by atoms with Crippen molar-refractivity contribution in [1.82, 2.24) is 9.78 Å². The van der Waals surface area contributed by atoms with Crippen molar-refractivity contribution in [1.29, 1.82) is 5.26 Å². The summed E-state index contributed by atoms with van der Waals surface area (Å²) in [6.07, 6.45) is 3.98. The molecule has 0 aliphatic carbocycles. The van der Waals surface area contributed by atoms with Gasteiger partial charge < -0.3 is 5.11 Å². The molecular weight excluding hydrogens is 238 g/mol. The molecule has 4 heteroatoms. The zero-order valence-electron chi connectivity index (χ0n) is 11.5. The Bertz CT molecular complexity index is 555. The summed E-state index contributed by atoms with van der Waals surface area (Å²) >= 11 is 0. The van der Waals surface area contributed by atoms with E-state index in [4.69, 9.17) is 5.26 Å². The SMILES string of the molecule is CC.Cc1cnn(C(CC#N)c2cccc(O)c2)c1. The third-order valence-corrected chi connectivity index (χ3v) is 2.59. The highest BCUT2D eigenvalue weighted by Gasteiger charge is 2.14. The molecule has 0 aliphatic rings. The second-order valence-electron chi connectivity index (χ2n) is 3.97. The highest BCUT2D eigenvalue weighted by Crippen LogP contribution is 2.24. The van der Waals surface area contributed by atoms with Crippen molar-refractivity contribution in [3.05, 3.63) is 47.8 Å². The number of rotatable bonds is 3. The fourth-order valence-electron chi connectivity index (χ4n) is 1.79. The number of nitrogens with zero attached hydrogens (tertiary/aromatic N) is 3. The largest absolute Gasteiger partial charge is 0.508 e. The van der Waals surface area contributed by atoms with Crippen LogP contribution in [0.5, 0.6) is 5.75 Å². The Kier molecular flexibility index (Phi) is 5.62. The van der Waals surface area contributed by atoms with Gasteiger partial charge in [-0.2, -0.15) is 10.4 Å². The van der Waals surface area contributed by atoms with Crippen LogP contribution in [0.1, 0.15) is 37.4 Å². The van der Waals surface area contributed by atoms with Crippen molar-refractivity contribution in [2.45, 2.75) is 33.2 Å². The molecule has 0 radical (unpaired) electrons. The summed E-state index contributed by atoms with van der Waals surface area (Å²) in [5.41, 5.74) is 1.93. The van der Waals surface area contributed by atoms with E-state index in [1.165, 1.54) is 0 Å². The highest BCUT2D eigenvalue weighted by atomic mass is 16.3. The van der Waals surface area contributed by atoms with Crippen molar-refractivity contribution in [3.8, 4) is 11.8 Å². The first kappa shape index (κ1) is 14.8. The molecule has 0 spiro atoms. The standard InChI is InChI=1S/C13H13N3O.C2H6/c1-10-8-15-16(9-10)13(5-6-14)11-3-2-4-12(17)7-11;1-2/h2-4,7-9,13,17H,5H2,1H3;1-2H3. The predicted octanol–water partition coefficient (Wildman–Crippen LogP) is 3.43. The lowest BCUT2D eigenvalue weighted by Crippen LogP contribution is -2.10. The van der Waals surface area contributed by atoms with Crippen LogP contribution < -0.4 is 0 Å². The van der Waals surface area contributed by atoms with Gasteiger partial charge in [-0.3, -0.25) is 4.68 Å². The number of hydrogen-bond acceptors (Lipinski definition) is 3. The normalized spacial score (nSPS) is 11.1. The predicted molar refractivity (Wildman–Crippen MR) is 74.8 cm³/mol. The average molecular weight is 257 g/mol. The van der Waals surface area contributed by atoms with Crippen LogP contribution in [0.4, 0.5) is 0 Å². The lowest BCUT2D eigenvalue weighted by atomic mass is 10.0. The van der Waals surface area contributed by atoms with Gasteiger partial charge in [-0.25, -0.2) is 0 Å². The monoisotopic (exact) mass is 257 g/mol. The lowest BCUT2D eigenvalue weighted by Gasteiger charge is -2.15. The molecule has 1 N–H and O–H groups in total. The number of hydrogen-bond donors (Lipinski definition) is 1. The maximum Gasteiger partial charge on any atom is 0.115 e. The average Bonchev–Trinajstić information content (AvgIpc) is 2.85. The zero-order valence-corrected chi connectivity index (χ0v) is 11.5. The van der Waals surface area contributed by atoms with Crippen LogP contribution in [-0.4, -0.2) is 14.9 Å². The number of phenols is 1. The molecule has 0 amide bonds. The molecule has 0 fully saturated rings. The van der Waals surface area contributed by atoms with Crippen molar-refractivity contribution in [2.24, 2.45) is 0 Å². The van der Waals surface area contributed by atoms with Crippen LogP contribution >= 0.6 is 0 Å². The molecular formula is C15H19N3O. The number of aryl methyl sites for hydroxylation is 1. The third kappa shape index (κ3) is 3.85. The van der Waals surface area contributed by atoms with Crippen LogP contribution in [0.25, 0.3) is 0 Å². The van der Waals surface area contributed by atoms with Gasteiger partial charge in [0, 0.05) is 6.20 Å². The summed E-state index contributed by atoms with van der Waals surface area (Å²) in [7, 11) is 0. The minimum absolute atomic E-state index is 0.152. The third-order valence-electron chi connectivity index (χ3n) is 2.59. The van der Waals surface area contributed by atoms with E-state index in [0.717, 1.165) is 11.1 Å². The van der Waals surface area contributed by atoms with E-state index in [0.29, 0.717) is 6.42 Å². The number of nitriles is 1. The molecule has 100 valence electrons. The van der Waals surface area contributed by atoms with Crippen molar-refractivity contribution < 1.29 is 5.11 Å². The van der Waals surface area contributed by atoms with Crippen LogP contribution in [-0.2, 0) is 0 Å². The Morgan fingerprint density at radius 2 is 2.16 bits per heavy atom. The molecule has 0 saturated heterocycles. The van der Waals surface area contributed by atoms with E-state index in [2.05, 4.69) is 11.2 Å². The first-order valence-corrected chi connectivity index (χ1v) is 6.37. The number of aromatic hydroxyl groups is 1. The summed E-state index contributed by atoms with van der Waals surface area (Å²) < 4.78 is 1.76. The van der Waals surface area contributed by atoms with Gasteiger partial charge in [0.25, 0.3) is 0 Å². The summed E-state index contributed by atoms with van der Waals surface area (Å²) in [5, 5.41) is 22.6. The first-order valence-electron chi connectivity index (χ1n) is 6.37. The molecule has 1 atom stereocenters. The first-order chi connectivity index (χ1) is 9.20. The lowest BCUT2D eigenvalue weighted by molar-refractivity contribution is 0.470. The Balaban J connectivity index is 0.000000861. The van der Waals surface area contributed by atoms with E-state index in [1.807, 2.05) is 33.0 Å². The van der Waals surface area contributed by atoms with E-state index in [-0.39, 0.29) is 11.8 Å². The minimum Gasteiger partial charge on any atom is -0.508 e. The molecule has 1 heterocycles. The van der Waals surface area contributed by atoms with E-state index < -0.39 is 0 Å². The van der Waals surface area contributed by atoms with Crippen LogP contribution in [0.3, 0.4) is 0 Å². The molecule has 2 aromatic rings. The molecule has 19 heavy (non-hydrogen) atoms. The van der Waals surface area contributed by atoms with Crippen molar-refractivity contribution >= 4 is 0 Å². The molecule has 2 rings (SSSR count). The Morgan fingerprint density at radius 3 is 2.68 bits per heavy atom. The maximum atomic E-state index is 9.47. The second kappa shape index (κ2) is 7.22. The van der Waals surface area contributed by atoms with E-state index in [9.17, 15) is 5.11 Å². The van der Waals surface area contributed by atoms with Crippen LogP contribution in [0, 0.1) is 18.3 Å². The summed E-state index contributed by atoms with van der Waals surface area (Å²) in [6, 6.07) is 8.93. The summed E-state index contributed by atoms with van der Waals surface area (Å²) in [6.45, 7) is 5.95. The van der Waals surface area contributed by atoms with Gasteiger partial charge in [-0.15, -0.1) is 0 Å². The molecule has 1 aromatic heterocycles. The Labute approximate surface area is 113 Å². The number of phenolic OH excluding ortho intramolecular Hbond substituents is 1. The van der Waals surface area contributed by atoms with Gasteiger partial charge in [-0.05, 0) is 30.2 Å². The molecule has 0 aliphatic heterocycles. The highest BCUT2D eigenvalue weighted by molar-refractivity contribution is 5.30. The fraction of sp³-hybridized carbons (Fsp3) is 0.333. The molecule has 0 saturated carbocycles. The van der Waals surface area contributed by atoms with Crippen LogP contribution in [0.15, 0.2) is 36.7 Å². The van der Waals surface area contributed by atoms with Gasteiger partial charge in [0.1, 0.15) is 5.75 Å². The fourth-order valence-corrected chi connectivity index (χ4v) is 1.79.